The van der Waals surface area contributed by atoms with Crippen molar-refractivity contribution in [3.63, 3.8) is 0 Å². The maximum atomic E-state index is 9.24. The van der Waals surface area contributed by atoms with E-state index in [0.717, 1.165) is 0 Å². The van der Waals surface area contributed by atoms with Crippen LogP contribution in [0.3, 0.4) is 0 Å². The Balaban J connectivity index is -0.000000107. The van der Waals surface area contributed by atoms with Gasteiger partial charge in [-0.15, -0.1) is 0 Å². The van der Waals surface area contributed by atoms with E-state index in [0.29, 0.717) is 0 Å². The van der Waals surface area contributed by atoms with Gasteiger partial charge < -0.3 is 19.9 Å². The molecule has 0 aliphatic rings. The van der Waals surface area contributed by atoms with Gasteiger partial charge in [0.15, 0.2) is 0 Å². The monoisotopic (exact) mass is 227 g/mol. The van der Waals surface area contributed by atoms with Crippen LogP contribution < -0.4 is 5.73 Å². The van der Waals surface area contributed by atoms with Crippen LogP contribution in [0.5, 0.6) is 0 Å². The molecule has 0 spiro atoms. The van der Waals surface area contributed by atoms with Crippen molar-refractivity contribution in [3.8, 4) is 0 Å². The van der Waals surface area contributed by atoms with Gasteiger partial charge in [-0.3, -0.25) is 13.2 Å². The second kappa shape index (κ2) is 7.92. The van der Waals surface area contributed by atoms with Gasteiger partial charge in [-0.2, -0.15) is 0 Å². The molecule has 0 aromatic rings. The van der Waals surface area contributed by atoms with Crippen LogP contribution in [0.4, 0.5) is 0 Å². The first-order chi connectivity index (χ1) is 4.27. The van der Waals surface area contributed by atoms with Gasteiger partial charge in [0, 0.05) is 27.5 Å². The summed E-state index contributed by atoms with van der Waals surface area (Å²) in [5.74, 6) is -0.968. The van der Waals surface area contributed by atoms with E-state index in [1.54, 1.807) is 0 Å². The van der Waals surface area contributed by atoms with Crippen LogP contribution in [0.15, 0.2) is 0 Å². The number of carboxylic acid groups (broad SMARTS) is 1. The first-order valence-corrected chi connectivity index (χ1v) is 3.19. The van der Waals surface area contributed by atoms with E-state index in [9.17, 15) is 4.79 Å². The molecular weight excluding hydrogens is 222 g/mol. The van der Waals surface area contributed by atoms with Crippen molar-refractivity contribution in [2.45, 2.75) is 0 Å². The minimum atomic E-state index is -5.17. The van der Waals surface area contributed by atoms with Gasteiger partial charge >= 0.3 is 5.97 Å². The van der Waals surface area contributed by atoms with Crippen molar-refractivity contribution < 1.29 is 44.5 Å². The summed E-state index contributed by atoms with van der Waals surface area (Å²) < 4.78 is 34.1. The van der Waals surface area contributed by atoms with Crippen LogP contribution in [0.25, 0.3) is 0 Å². The molecule has 0 atom stereocenters. The van der Waals surface area contributed by atoms with Crippen LogP contribution in [0, 0.1) is 0 Å². The molecule has 0 rings (SSSR count). The van der Waals surface area contributed by atoms with Crippen molar-refractivity contribution in [3.05, 3.63) is 0 Å². The first kappa shape index (κ1) is 17.1. The van der Waals surface area contributed by atoms with Crippen molar-refractivity contribution in [1.82, 2.24) is 0 Å². The van der Waals surface area contributed by atoms with Gasteiger partial charge in [0.2, 0.25) is 0 Å². The molecule has 0 aliphatic heterocycles. The molecule has 0 saturated heterocycles. The number of carboxylic acids is 1. The average molecular weight is 227 g/mol. The number of nitrogens with two attached hydrogens (primary N) is 1. The fourth-order valence-corrected chi connectivity index (χ4v) is 0. The van der Waals surface area contributed by atoms with Gasteiger partial charge in [0.05, 0.1) is 6.54 Å². The normalized spacial score (nSPS) is 8.64. The fraction of sp³-hybridized carbons (Fsp3) is 0.500. The number of aliphatic carboxylic acids is 1. The molecule has 0 heterocycles. The molecule has 0 amide bonds. The maximum Gasteiger partial charge on any atom is 0.317 e. The molecule has 9 heteroatoms. The zero-order valence-electron chi connectivity index (χ0n) is 5.03. The molecule has 3 N–H and O–H groups in total. The molecular formula is C2H5FeNO6S-2. The third kappa shape index (κ3) is 181. The Kier molecular flexibility index (Phi) is 12.3. The molecule has 0 aromatic heterocycles. The van der Waals surface area contributed by atoms with Crippen molar-refractivity contribution >= 4 is 16.4 Å². The molecule has 7 nitrogen and oxygen atoms in total. The number of carbonyl (C=O) groups is 1. The Morgan fingerprint density at radius 3 is 1.55 bits per heavy atom. The number of hydrogen-bond donors (Lipinski definition) is 2. The smallest absolute Gasteiger partial charge is 0.317 e. The minimum absolute atomic E-state index is 0. The van der Waals surface area contributed by atoms with E-state index in [-0.39, 0.29) is 23.6 Å². The predicted molar refractivity (Wildman–Crippen MR) is 27.2 cm³/mol. The van der Waals surface area contributed by atoms with E-state index >= 15 is 0 Å². The molecule has 70 valence electrons. The Morgan fingerprint density at radius 1 is 1.45 bits per heavy atom. The summed E-state index contributed by atoms with van der Waals surface area (Å²) >= 11 is 0. The third-order valence-electron chi connectivity index (χ3n) is 0.175. The number of hydrogen-bond acceptors (Lipinski definition) is 6. The molecule has 0 bridgehead atoms. The summed E-state index contributed by atoms with van der Waals surface area (Å²) in [5.41, 5.74) is 4.57. The summed E-state index contributed by atoms with van der Waals surface area (Å²) in [7, 11) is -5.17. The number of rotatable bonds is 1. The zero-order chi connectivity index (χ0) is 8.78. The maximum absolute atomic E-state index is 9.24. The van der Waals surface area contributed by atoms with Gasteiger partial charge in [0.25, 0.3) is 0 Å². The topological polar surface area (TPSA) is 144 Å². The van der Waals surface area contributed by atoms with E-state index in [1.165, 1.54) is 0 Å². The summed E-state index contributed by atoms with van der Waals surface area (Å²) in [4.78, 5) is 9.24. The van der Waals surface area contributed by atoms with Gasteiger partial charge in [-0.1, -0.05) is 0 Å². The van der Waals surface area contributed by atoms with Crippen LogP contribution in [0.2, 0.25) is 0 Å². The van der Waals surface area contributed by atoms with Crippen molar-refractivity contribution in [2.24, 2.45) is 5.73 Å². The van der Waals surface area contributed by atoms with Crippen LogP contribution in [-0.4, -0.2) is 35.1 Å². The second-order valence-electron chi connectivity index (χ2n) is 1.01. The van der Waals surface area contributed by atoms with Crippen molar-refractivity contribution in [1.29, 1.82) is 0 Å². The summed E-state index contributed by atoms with van der Waals surface area (Å²) in [5, 5.41) is 7.60. The predicted octanol–water partition coefficient (Wildman–Crippen LogP) is -2.31. The second-order valence-corrected chi connectivity index (χ2v) is 1.82. The molecule has 0 unspecified atom stereocenters. The third-order valence-corrected chi connectivity index (χ3v) is 0.175. The Hall–Kier alpha value is -0.181. The van der Waals surface area contributed by atoms with E-state index in [4.69, 9.17) is 22.6 Å². The van der Waals surface area contributed by atoms with Gasteiger partial charge in [-0.25, -0.2) is 0 Å². The van der Waals surface area contributed by atoms with Gasteiger partial charge in [0.1, 0.15) is 0 Å². The van der Waals surface area contributed by atoms with E-state index in [2.05, 4.69) is 5.73 Å². The molecule has 0 saturated carbocycles. The Morgan fingerprint density at radius 2 is 1.55 bits per heavy atom. The summed E-state index contributed by atoms with van der Waals surface area (Å²) in [6.07, 6.45) is 0. The zero-order valence-corrected chi connectivity index (χ0v) is 6.96. The molecule has 11 heavy (non-hydrogen) atoms. The summed E-state index contributed by atoms with van der Waals surface area (Å²) in [6, 6.07) is 0. The van der Waals surface area contributed by atoms with Crippen LogP contribution in [-0.2, 0) is 32.3 Å². The standard InChI is InChI=1S/C2H5NO2.Fe.H2O4S/c3-1-2(4)5;;1-5(2,3)4/h1,3H2,(H,4,5);;(H2,1,2,3,4)/p-2. The Bertz CT molecular complexity index is 179. The molecule has 0 aliphatic carbocycles. The average Bonchev–Trinajstić information content (AvgIpc) is 1.61. The van der Waals surface area contributed by atoms with Crippen LogP contribution >= 0.6 is 0 Å². The molecule has 0 fully saturated rings. The quantitative estimate of drug-likeness (QED) is 0.290. The SMILES string of the molecule is NCC(=O)O.O=S(=O)([O-])[O-].[Fe]. The molecule has 0 radical (unpaired) electrons. The Labute approximate surface area is 73.6 Å². The van der Waals surface area contributed by atoms with Gasteiger partial charge in [-0.05, 0) is 0 Å². The fourth-order valence-electron chi connectivity index (χ4n) is 0. The summed E-state index contributed by atoms with van der Waals surface area (Å²) in [6.45, 7) is -0.278. The first-order valence-electron chi connectivity index (χ1n) is 1.86. The minimum Gasteiger partial charge on any atom is -0.759 e. The molecule has 0 aromatic carbocycles. The van der Waals surface area contributed by atoms with E-state index < -0.39 is 16.4 Å². The van der Waals surface area contributed by atoms with Crippen molar-refractivity contribution in [2.75, 3.05) is 6.54 Å². The van der Waals surface area contributed by atoms with E-state index in [1.807, 2.05) is 0 Å². The largest absolute Gasteiger partial charge is 0.759 e. The van der Waals surface area contributed by atoms with Crippen LogP contribution in [0.1, 0.15) is 0 Å².